The Morgan fingerprint density at radius 2 is 1.93 bits per heavy atom. The maximum absolute atomic E-state index is 9.73. The summed E-state index contributed by atoms with van der Waals surface area (Å²) in [6.45, 7) is 7.63. The van der Waals surface area contributed by atoms with Crippen LogP contribution in [0.4, 0.5) is 0 Å². The highest BCUT2D eigenvalue weighted by atomic mass is 16.4. The van der Waals surface area contributed by atoms with Crippen LogP contribution in [0, 0.1) is 50.4 Å². The number of allylic oxidation sites excluding steroid dienone is 1. The number of nitriles is 2. The fourth-order valence-electron chi connectivity index (χ4n) is 3.53. The Bertz CT molecular complexity index is 1330. The van der Waals surface area contributed by atoms with Crippen LogP contribution >= 0.6 is 0 Å². The predicted molar refractivity (Wildman–Crippen MR) is 111 cm³/mol. The molecule has 0 unspecified atom stereocenters. The number of furan rings is 1. The molecule has 3 heterocycles. The molecule has 0 fully saturated rings. The molecule has 0 spiro atoms. The lowest BCUT2D eigenvalue weighted by atomic mass is 10.1. The van der Waals surface area contributed by atoms with Crippen molar-refractivity contribution in [3.63, 3.8) is 0 Å². The number of H-pyrrole nitrogens is 1. The molecule has 0 atom stereocenters. The van der Waals surface area contributed by atoms with Crippen LogP contribution in [0.3, 0.4) is 0 Å². The highest BCUT2D eigenvalue weighted by Gasteiger charge is 2.20. The normalized spacial score (nSPS) is 11.6. The van der Waals surface area contributed by atoms with E-state index in [0.29, 0.717) is 22.8 Å². The summed E-state index contributed by atoms with van der Waals surface area (Å²) in [6.07, 6.45) is 1.81. The molecular weight excluding hydrogens is 362 g/mol. The summed E-state index contributed by atoms with van der Waals surface area (Å²) in [5, 5.41) is 19.3. The summed E-state index contributed by atoms with van der Waals surface area (Å²) in [4.78, 5) is 7.72. The summed E-state index contributed by atoms with van der Waals surface area (Å²) < 4.78 is 7.80. The number of aromatic amines is 1. The molecule has 0 saturated carbocycles. The molecule has 142 valence electrons. The minimum absolute atomic E-state index is 0.439. The van der Waals surface area contributed by atoms with Crippen molar-refractivity contribution in [1.82, 2.24) is 14.5 Å². The van der Waals surface area contributed by atoms with Crippen molar-refractivity contribution in [2.24, 2.45) is 0 Å². The zero-order valence-corrected chi connectivity index (χ0v) is 16.7. The van der Waals surface area contributed by atoms with Gasteiger partial charge < -0.3 is 9.40 Å². The van der Waals surface area contributed by atoms with E-state index in [1.807, 2.05) is 68.7 Å². The second kappa shape index (κ2) is 6.85. The van der Waals surface area contributed by atoms with E-state index in [0.717, 1.165) is 39.3 Å². The Balaban J connectivity index is 1.85. The van der Waals surface area contributed by atoms with Crippen molar-refractivity contribution < 1.29 is 4.42 Å². The summed E-state index contributed by atoms with van der Waals surface area (Å²) in [7, 11) is 0. The third-order valence-corrected chi connectivity index (χ3v) is 5.22. The number of hydrogen-bond donors (Lipinski definition) is 1. The minimum Gasteiger partial charge on any atom is -0.443 e. The molecule has 6 heteroatoms. The van der Waals surface area contributed by atoms with Gasteiger partial charge >= 0.3 is 0 Å². The zero-order valence-electron chi connectivity index (χ0n) is 16.7. The number of aromatic nitrogens is 3. The third kappa shape index (κ3) is 2.92. The molecule has 3 aromatic heterocycles. The Morgan fingerprint density at radius 3 is 2.62 bits per heavy atom. The molecule has 0 radical (unpaired) electrons. The van der Waals surface area contributed by atoms with Crippen molar-refractivity contribution >= 4 is 22.7 Å². The molecule has 0 aliphatic heterocycles. The van der Waals surface area contributed by atoms with E-state index >= 15 is 0 Å². The van der Waals surface area contributed by atoms with Crippen LogP contribution in [-0.4, -0.2) is 14.5 Å². The van der Waals surface area contributed by atoms with E-state index in [9.17, 15) is 10.5 Å². The van der Waals surface area contributed by atoms with Gasteiger partial charge in [0.1, 0.15) is 29.3 Å². The largest absolute Gasteiger partial charge is 0.443 e. The number of nitrogens with one attached hydrogen (secondary N) is 1. The Kier molecular flexibility index (Phi) is 4.33. The lowest BCUT2D eigenvalue weighted by Crippen LogP contribution is -2.00. The van der Waals surface area contributed by atoms with Gasteiger partial charge in [-0.1, -0.05) is 12.1 Å². The Morgan fingerprint density at radius 1 is 1.17 bits per heavy atom. The van der Waals surface area contributed by atoms with Gasteiger partial charge in [0, 0.05) is 17.0 Å². The minimum atomic E-state index is 0.439. The van der Waals surface area contributed by atoms with Gasteiger partial charge in [0.15, 0.2) is 0 Å². The number of fused-ring (bicyclic) bond motifs is 1. The first-order chi connectivity index (χ1) is 13.9. The molecule has 4 aromatic rings. The summed E-state index contributed by atoms with van der Waals surface area (Å²) in [5.74, 6) is 1.77. The molecule has 0 bridgehead atoms. The maximum atomic E-state index is 9.73. The molecule has 6 nitrogen and oxygen atoms in total. The van der Waals surface area contributed by atoms with Crippen LogP contribution in [0.5, 0.6) is 0 Å². The van der Waals surface area contributed by atoms with E-state index in [1.54, 1.807) is 0 Å². The monoisotopic (exact) mass is 381 g/mol. The van der Waals surface area contributed by atoms with Crippen molar-refractivity contribution in [2.45, 2.75) is 27.7 Å². The average Bonchev–Trinajstić information content (AvgIpc) is 3.34. The lowest BCUT2D eigenvalue weighted by Gasteiger charge is -2.06. The van der Waals surface area contributed by atoms with Crippen LogP contribution in [0.25, 0.3) is 28.6 Å². The lowest BCUT2D eigenvalue weighted by molar-refractivity contribution is 0.503. The predicted octanol–water partition coefficient (Wildman–Crippen LogP) is 5.12. The van der Waals surface area contributed by atoms with Gasteiger partial charge in [-0.25, -0.2) is 4.98 Å². The van der Waals surface area contributed by atoms with Crippen molar-refractivity contribution in [2.75, 3.05) is 0 Å². The standard InChI is InChI=1S/C23H19N5O/c1-13-9-17(15(3)28(13)23-19(12-25)14(2)16(4)29-23)10-18(11-24)22-26-20-7-5-6-8-21(20)27-22/h5-10H,1-4H3,(H,26,27)/b18-10+. The molecule has 29 heavy (non-hydrogen) atoms. The first-order valence-electron chi connectivity index (χ1n) is 9.21. The van der Waals surface area contributed by atoms with E-state index in [2.05, 4.69) is 22.1 Å². The van der Waals surface area contributed by atoms with Crippen LogP contribution in [0.2, 0.25) is 0 Å². The van der Waals surface area contributed by atoms with E-state index in [4.69, 9.17) is 4.42 Å². The van der Waals surface area contributed by atoms with Crippen molar-refractivity contribution in [3.05, 3.63) is 70.0 Å². The number of imidazole rings is 1. The molecule has 0 aliphatic carbocycles. The van der Waals surface area contributed by atoms with E-state index in [-0.39, 0.29) is 0 Å². The quantitative estimate of drug-likeness (QED) is 0.499. The molecule has 0 saturated heterocycles. The first kappa shape index (κ1) is 18.3. The van der Waals surface area contributed by atoms with E-state index in [1.165, 1.54) is 0 Å². The second-order valence-electron chi connectivity index (χ2n) is 7.01. The summed E-state index contributed by atoms with van der Waals surface area (Å²) in [5.41, 5.74) is 6.18. The fraction of sp³-hybridized carbons (Fsp3) is 0.174. The van der Waals surface area contributed by atoms with Crippen LogP contribution < -0.4 is 0 Å². The molecule has 1 N–H and O–H groups in total. The molecule has 0 aliphatic rings. The molecule has 4 rings (SSSR count). The summed E-state index contributed by atoms with van der Waals surface area (Å²) >= 11 is 0. The van der Waals surface area contributed by atoms with Gasteiger partial charge in [0.25, 0.3) is 0 Å². The van der Waals surface area contributed by atoms with Crippen molar-refractivity contribution in [3.8, 4) is 18.0 Å². The molecule has 1 aromatic carbocycles. The number of aryl methyl sites for hydroxylation is 2. The highest BCUT2D eigenvalue weighted by Crippen LogP contribution is 2.30. The Hall–Kier alpha value is -4.03. The second-order valence-corrected chi connectivity index (χ2v) is 7.01. The number of rotatable bonds is 3. The number of benzene rings is 1. The SMILES string of the molecule is Cc1oc(-n2c(C)cc(/C=C(\C#N)c3nc4ccccc4[nH]3)c2C)c(C#N)c1C. The average molecular weight is 381 g/mol. The van der Waals surface area contributed by atoms with Gasteiger partial charge in [0.2, 0.25) is 5.88 Å². The maximum Gasteiger partial charge on any atom is 0.222 e. The zero-order chi connectivity index (χ0) is 20.7. The molecular formula is C23H19N5O. The van der Waals surface area contributed by atoms with Crippen LogP contribution in [0.15, 0.2) is 34.7 Å². The van der Waals surface area contributed by atoms with Gasteiger partial charge in [-0.2, -0.15) is 10.5 Å². The number of nitrogens with zero attached hydrogens (tertiary/aromatic N) is 4. The van der Waals surface area contributed by atoms with Gasteiger partial charge in [-0.15, -0.1) is 0 Å². The van der Waals surface area contributed by atoms with Gasteiger partial charge in [-0.3, -0.25) is 4.57 Å². The smallest absolute Gasteiger partial charge is 0.222 e. The number of hydrogen-bond acceptors (Lipinski definition) is 4. The first-order valence-corrected chi connectivity index (χ1v) is 9.21. The fourth-order valence-corrected chi connectivity index (χ4v) is 3.53. The number of para-hydroxylation sites is 2. The third-order valence-electron chi connectivity index (χ3n) is 5.22. The van der Waals surface area contributed by atoms with Gasteiger partial charge in [-0.05, 0) is 57.5 Å². The summed E-state index contributed by atoms with van der Waals surface area (Å²) in [6, 6.07) is 14.1. The van der Waals surface area contributed by atoms with Crippen LogP contribution in [0.1, 0.15) is 39.7 Å². The highest BCUT2D eigenvalue weighted by molar-refractivity contribution is 5.90. The van der Waals surface area contributed by atoms with Gasteiger partial charge in [0.05, 0.1) is 16.6 Å². The van der Waals surface area contributed by atoms with Crippen molar-refractivity contribution in [1.29, 1.82) is 10.5 Å². The Labute approximate surface area is 168 Å². The van der Waals surface area contributed by atoms with E-state index < -0.39 is 0 Å². The van der Waals surface area contributed by atoms with Crippen LogP contribution in [-0.2, 0) is 0 Å². The molecule has 0 amide bonds. The topological polar surface area (TPSA) is 94.3 Å².